The molecule has 0 aliphatic heterocycles. The number of carbonyl (C=O) groups excluding carboxylic acids is 1. The number of ether oxygens (including phenoxy) is 1. The Labute approximate surface area is 88.1 Å². The second-order valence-electron chi connectivity index (χ2n) is 2.91. The smallest absolute Gasteiger partial charge is 0.348 e. The standard InChI is InChI=1S/C10H6F2O2S/c1-14-10(13)8-3-5-2-6(11)4-7(12)9(5)15-8/h2-4H,1H3. The van der Waals surface area contributed by atoms with Crippen LogP contribution in [0.5, 0.6) is 0 Å². The molecule has 0 radical (unpaired) electrons. The fourth-order valence-corrected chi connectivity index (χ4v) is 2.24. The SMILES string of the molecule is COC(=O)c1cc2cc(F)cc(F)c2s1. The van der Waals surface area contributed by atoms with E-state index in [0.29, 0.717) is 5.39 Å². The van der Waals surface area contributed by atoms with Gasteiger partial charge in [-0.15, -0.1) is 11.3 Å². The monoisotopic (exact) mass is 228 g/mol. The lowest BCUT2D eigenvalue weighted by atomic mass is 10.2. The molecular weight excluding hydrogens is 222 g/mol. The molecule has 0 saturated heterocycles. The van der Waals surface area contributed by atoms with Crippen LogP contribution in [-0.4, -0.2) is 13.1 Å². The van der Waals surface area contributed by atoms with Crippen LogP contribution in [-0.2, 0) is 4.74 Å². The highest BCUT2D eigenvalue weighted by Crippen LogP contribution is 2.29. The first-order valence-corrected chi connectivity index (χ1v) is 4.90. The van der Waals surface area contributed by atoms with E-state index in [9.17, 15) is 13.6 Å². The van der Waals surface area contributed by atoms with Gasteiger partial charge in [0.2, 0.25) is 0 Å². The quantitative estimate of drug-likeness (QED) is 0.701. The van der Waals surface area contributed by atoms with Crippen LogP contribution < -0.4 is 0 Å². The van der Waals surface area contributed by atoms with Gasteiger partial charge in [-0.2, -0.15) is 0 Å². The number of hydrogen-bond donors (Lipinski definition) is 0. The summed E-state index contributed by atoms with van der Waals surface area (Å²) in [5, 5.41) is 0.373. The highest BCUT2D eigenvalue weighted by Gasteiger charge is 2.13. The maximum atomic E-state index is 13.2. The van der Waals surface area contributed by atoms with Crippen molar-refractivity contribution in [3.63, 3.8) is 0 Å². The van der Waals surface area contributed by atoms with Crippen LogP contribution in [0.25, 0.3) is 10.1 Å². The molecule has 0 aliphatic carbocycles. The van der Waals surface area contributed by atoms with Gasteiger partial charge in [0.1, 0.15) is 16.5 Å². The summed E-state index contributed by atoms with van der Waals surface area (Å²) in [5.41, 5.74) is 0. The van der Waals surface area contributed by atoms with Gasteiger partial charge in [0.25, 0.3) is 0 Å². The fraction of sp³-hybridized carbons (Fsp3) is 0.100. The van der Waals surface area contributed by atoms with Gasteiger partial charge in [-0.25, -0.2) is 13.6 Å². The Balaban J connectivity index is 2.65. The molecule has 78 valence electrons. The number of benzene rings is 1. The molecule has 0 spiro atoms. The molecule has 2 nitrogen and oxygen atoms in total. The van der Waals surface area contributed by atoms with Crippen molar-refractivity contribution in [1.82, 2.24) is 0 Å². The zero-order chi connectivity index (χ0) is 11.0. The zero-order valence-corrected chi connectivity index (χ0v) is 8.53. The van der Waals surface area contributed by atoms with E-state index in [2.05, 4.69) is 4.74 Å². The highest BCUT2D eigenvalue weighted by atomic mass is 32.1. The van der Waals surface area contributed by atoms with Gasteiger partial charge in [-0.05, 0) is 17.5 Å². The molecule has 1 heterocycles. The molecule has 0 unspecified atom stereocenters. The number of methoxy groups -OCH3 is 1. The van der Waals surface area contributed by atoms with E-state index in [0.717, 1.165) is 17.4 Å². The molecule has 0 atom stereocenters. The largest absolute Gasteiger partial charge is 0.465 e. The van der Waals surface area contributed by atoms with E-state index < -0.39 is 17.6 Å². The Morgan fingerprint density at radius 3 is 2.73 bits per heavy atom. The van der Waals surface area contributed by atoms with Crippen LogP contribution >= 0.6 is 11.3 Å². The average molecular weight is 228 g/mol. The first kappa shape index (κ1) is 10.0. The molecule has 1 aromatic carbocycles. The molecule has 0 N–H and O–H groups in total. The summed E-state index contributed by atoms with van der Waals surface area (Å²) in [6, 6.07) is 3.39. The Kier molecular flexibility index (Phi) is 2.40. The number of fused-ring (bicyclic) bond motifs is 1. The van der Waals surface area contributed by atoms with Crippen LogP contribution in [0.4, 0.5) is 8.78 Å². The maximum absolute atomic E-state index is 13.2. The molecule has 0 fully saturated rings. The minimum absolute atomic E-state index is 0.261. The van der Waals surface area contributed by atoms with Crippen molar-refractivity contribution < 1.29 is 18.3 Å². The molecule has 0 saturated carbocycles. The van der Waals surface area contributed by atoms with Crippen molar-refractivity contribution in [3.05, 3.63) is 34.7 Å². The number of rotatable bonds is 1. The molecule has 0 aliphatic rings. The molecule has 0 amide bonds. The summed E-state index contributed by atoms with van der Waals surface area (Å²) in [6.45, 7) is 0. The van der Waals surface area contributed by atoms with Crippen LogP contribution in [0.3, 0.4) is 0 Å². The fourth-order valence-electron chi connectivity index (χ4n) is 1.28. The van der Waals surface area contributed by atoms with Gasteiger partial charge in [-0.3, -0.25) is 0 Å². The second-order valence-corrected chi connectivity index (χ2v) is 3.96. The summed E-state index contributed by atoms with van der Waals surface area (Å²) in [5.74, 6) is -1.87. The van der Waals surface area contributed by atoms with Crippen molar-refractivity contribution in [2.45, 2.75) is 0 Å². The Hall–Kier alpha value is -1.49. The zero-order valence-electron chi connectivity index (χ0n) is 7.71. The number of esters is 1. The second kappa shape index (κ2) is 3.58. The molecule has 15 heavy (non-hydrogen) atoms. The van der Waals surface area contributed by atoms with E-state index in [-0.39, 0.29) is 9.58 Å². The third kappa shape index (κ3) is 1.70. The minimum Gasteiger partial charge on any atom is -0.465 e. The average Bonchev–Trinajstić information content (AvgIpc) is 2.60. The van der Waals surface area contributed by atoms with Gasteiger partial charge < -0.3 is 4.74 Å². The molecular formula is C10H6F2O2S. The van der Waals surface area contributed by atoms with Gasteiger partial charge in [0, 0.05) is 6.07 Å². The lowest BCUT2D eigenvalue weighted by Gasteiger charge is -1.91. The number of carbonyl (C=O) groups is 1. The third-order valence-corrected chi connectivity index (χ3v) is 3.06. The summed E-state index contributed by atoms with van der Waals surface area (Å²) in [4.78, 5) is 11.4. The maximum Gasteiger partial charge on any atom is 0.348 e. The molecule has 0 bridgehead atoms. The van der Waals surface area contributed by atoms with Crippen LogP contribution in [0.15, 0.2) is 18.2 Å². The van der Waals surface area contributed by atoms with E-state index in [1.807, 2.05) is 0 Å². The lowest BCUT2D eigenvalue weighted by Crippen LogP contribution is -1.96. The van der Waals surface area contributed by atoms with Crippen molar-refractivity contribution in [2.24, 2.45) is 0 Å². The molecule has 2 rings (SSSR count). The summed E-state index contributed by atoms with van der Waals surface area (Å²) < 4.78 is 30.8. The first-order valence-electron chi connectivity index (χ1n) is 4.08. The Morgan fingerprint density at radius 1 is 1.33 bits per heavy atom. The molecule has 1 aromatic heterocycles. The number of thiophene rings is 1. The van der Waals surface area contributed by atoms with Crippen molar-refractivity contribution in [2.75, 3.05) is 7.11 Å². The predicted molar refractivity (Wildman–Crippen MR) is 53.1 cm³/mol. The van der Waals surface area contributed by atoms with Crippen LogP contribution in [0, 0.1) is 11.6 Å². The van der Waals surface area contributed by atoms with Crippen LogP contribution in [0.1, 0.15) is 9.67 Å². The number of halogens is 2. The Bertz CT molecular complexity index is 533. The first-order chi connectivity index (χ1) is 7.11. The predicted octanol–water partition coefficient (Wildman–Crippen LogP) is 2.97. The van der Waals surface area contributed by atoms with Crippen LogP contribution in [0.2, 0.25) is 0 Å². The van der Waals surface area contributed by atoms with E-state index in [1.54, 1.807) is 0 Å². The number of hydrogen-bond acceptors (Lipinski definition) is 3. The van der Waals surface area contributed by atoms with Crippen molar-refractivity contribution in [3.8, 4) is 0 Å². The van der Waals surface area contributed by atoms with Crippen molar-refractivity contribution in [1.29, 1.82) is 0 Å². The van der Waals surface area contributed by atoms with E-state index >= 15 is 0 Å². The third-order valence-electron chi connectivity index (χ3n) is 1.92. The summed E-state index contributed by atoms with van der Waals surface area (Å²) in [6.07, 6.45) is 0. The van der Waals surface area contributed by atoms with Gasteiger partial charge in [0.15, 0.2) is 0 Å². The highest BCUT2D eigenvalue weighted by molar-refractivity contribution is 7.20. The molecule has 2 aromatic rings. The Morgan fingerprint density at radius 2 is 2.07 bits per heavy atom. The topological polar surface area (TPSA) is 26.3 Å². The van der Waals surface area contributed by atoms with E-state index in [1.165, 1.54) is 19.2 Å². The summed E-state index contributed by atoms with van der Waals surface area (Å²) >= 11 is 0.949. The normalized spacial score (nSPS) is 10.6. The van der Waals surface area contributed by atoms with Gasteiger partial charge >= 0.3 is 5.97 Å². The van der Waals surface area contributed by atoms with Crippen molar-refractivity contribution >= 4 is 27.4 Å². The van der Waals surface area contributed by atoms with Gasteiger partial charge in [0.05, 0.1) is 11.8 Å². The summed E-state index contributed by atoms with van der Waals surface area (Å²) in [7, 11) is 1.24. The van der Waals surface area contributed by atoms with E-state index in [4.69, 9.17) is 0 Å². The lowest BCUT2D eigenvalue weighted by molar-refractivity contribution is 0.0606. The molecule has 5 heteroatoms. The minimum atomic E-state index is -0.662. The van der Waals surface area contributed by atoms with Gasteiger partial charge in [-0.1, -0.05) is 0 Å².